The van der Waals surface area contributed by atoms with Gasteiger partial charge in [-0.2, -0.15) is 0 Å². The maximum atomic E-state index is 13.1. The Morgan fingerprint density at radius 1 is 0.272 bits per heavy atom. The number of aliphatic hydroxyl groups is 1. The molecule has 0 aliphatic carbocycles. The van der Waals surface area contributed by atoms with Crippen molar-refractivity contribution in [2.24, 2.45) is 23.7 Å². The maximum absolute atomic E-state index is 13.1. The summed E-state index contributed by atoms with van der Waals surface area (Å²) in [5, 5.41) is 10.6. The molecule has 0 saturated carbocycles. The van der Waals surface area contributed by atoms with Crippen LogP contribution in [0.3, 0.4) is 0 Å². The standard InChI is InChI=1S/C73H142O17P2/c1-63(2)49-41-33-25-18-13-9-11-15-21-29-37-45-53-70(75)83-59-68(89-72(77)55-47-39-30-22-16-12-10-14-19-26-34-42-50-64(3)4)61-87-91(79,80)85-57-67(74)58-86-92(81,82)88-62-69(60-84-71(76)54-46-38-32-24-28-36-44-52-66(7)8)90-73(78)56-48-40-31-23-17-20-27-35-43-51-65(5)6/h63-69,74H,9-62H2,1-8H3,(H,79,80)(H,81,82)/t67?,68-,69-/m1/s1. The van der Waals surface area contributed by atoms with Gasteiger partial charge in [0.2, 0.25) is 0 Å². The van der Waals surface area contributed by atoms with Crippen molar-refractivity contribution in [3.05, 3.63) is 0 Å². The second kappa shape index (κ2) is 62.6. The number of aliphatic hydroxyl groups excluding tert-OH is 1. The van der Waals surface area contributed by atoms with Crippen LogP contribution in [0.15, 0.2) is 0 Å². The van der Waals surface area contributed by atoms with Gasteiger partial charge in [0.15, 0.2) is 12.2 Å². The third-order valence-corrected chi connectivity index (χ3v) is 18.7. The van der Waals surface area contributed by atoms with Gasteiger partial charge in [0.1, 0.15) is 19.3 Å². The zero-order valence-corrected chi connectivity index (χ0v) is 62.0. The Morgan fingerprint density at radius 3 is 0.674 bits per heavy atom. The highest BCUT2D eigenvalue weighted by Crippen LogP contribution is 2.45. The van der Waals surface area contributed by atoms with E-state index in [9.17, 15) is 43.2 Å². The summed E-state index contributed by atoms with van der Waals surface area (Å²) >= 11 is 0. The molecule has 3 N–H and O–H groups in total. The summed E-state index contributed by atoms with van der Waals surface area (Å²) in [5.74, 6) is 0.874. The van der Waals surface area contributed by atoms with E-state index in [1.165, 1.54) is 161 Å². The Bertz CT molecular complexity index is 1820. The second-order valence-corrected chi connectivity index (χ2v) is 31.1. The number of carbonyl (C=O) groups excluding carboxylic acids is 4. The van der Waals surface area contributed by atoms with Crippen LogP contribution in [0.25, 0.3) is 0 Å². The van der Waals surface area contributed by atoms with Crippen molar-refractivity contribution in [1.29, 1.82) is 0 Å². The number of hydrogen-bond donors (Lipinski definition) is 3. The van der Waals surface area contributed by atoms with Gasteiger partial charge in [0.05, 0.1) is 26.4 Å². The van der Waals surface area contributed by atoms with Crippen LogP contribution in [0.2, 0.25) is 0 Å². The van der Waals surface area contributed by atoms with Gasteiger partial charge in [-0.05, 0) is 49.4 Å². The lowest BCUT2D eigenvalue weighted by molar-refractivity contribution is -0.161. The normalized spacial score (nSPS) is 14.2. The SMILES string of the molecule is CC(C)CCCCCCCCCCCCCCC(=O)OC[C@H](COP(=O)(O)OCC(O)COP(=O)(O)OC[C@@H](COC(=O)CCCCCCCCCC(C)C)OC(=O)CCCCCCCCCCCC(C)C)OC(=O)CCCCCCCCCCCCCCC(C)C. The molecule has 0 aromatic carbocycles. The molecule has 0 radical (unpaired) electrons. The van der Waals surface area contributed by atoms with Gasteiger partial charge >= 0.3 is 39.5 Å². The van der Waals surface area contributed by atoms with E-state index in [1.54, 1.807) is 0 Å². The van der Waals surface area contributed by atoms with Gasteiger partial charge in [-0.15, -0.1) is 0 Å². The van der Waals surface area contributed by atoms with Crippen molar-refractivity contribution in [2.75, 3.05) is 39.6 Å². The minimum absolute atomic E-state index is 0.104. The molecule has 3 unspecified atom stereocenters. The highest BCUT2D eigenvalue weighted by molar-refractivity contribution is 7.47. The summed E-state index contributed by atoms with van der Waals surface area (Å²) in [7, 11) is -9.91. The summed E-state index contributed by atoms with van der Waals surface area (Å²) in [5.41, 5.74) is 0. The first kappa shape index (κ1) is 90.1. The molecule has 0 aliphatic rings. The predicted molar refractivity (Wildman–Crippen MR) is 372 cm³/mol. The molecule has 0 aromatic rings. The largest absolute Gasteiger partial charge is 0.472 e. The summed E-state index contributed by atoms with van der Waals surface area (Å²) in [6, 6.07) is 0. The first-order chi connectivity index (χ1) is 44.1. The topological polar surface area (TPSA) is 237 Å². The van der Waals surface area contributed by atoms with Crippen LogP contribution in [0.4, 0.5) is 0 Å². The van der Waals surface area contributed by atoms with Crippen LogP contribution in [-0.4, -0.2) is 96.7 Å². The number of rotatable bonds is 70. The van der Waals surface area contributed by atoms with Crippen LogP contribution in [0.5, 0.6) is 0 Å². The van der Waals surface area contributed by atoms with Gasteiger partial charge in [0, 0.05) is 25.7 Å². The molecule has 0 saturated heterocycles. The van der Waals surface area contributed by atoms with Crippen LogP contribution in [-0.2, 0) is 65.4 Å². The molecule has 0 aromatic heterocycles. The Balaban J connectivity index is 5.26. The molecule has 17 nitrogen and oxygen atoms in total. The van der Waals surface area contributed by atoms with E-state index in [-0.39, 0.29) is 25.7 Å². The molecule has 19 heteroatoms. The number of esters is 4. The number of phosphoric acid groups is 2. The maximum Gasteiger partial charge on any atom is 0.472 e. The van der Waals surface area contributed by atoms with Crippen LogP contribution >= 0.6 is 15.6 Å². The number of hydrogen-bond acceptors (Lipinski definition) is 15. The van der Waals surface area contributed by atoms with Gasteiger partial charge in [-0.3, -0.25) is 37.3 Å². The molecule has 5 atom stereocenters. The van der Waals surface area contributed by atoms with Crippen molar-refractivity contribution >= 4 is 39.5 Å². The van der Waals surface area contributed by atoms with E-state index < -0.39 is 97.5 Å². The molecule has 0 rings (SSSR count). The quantitative estimate of drug-likeness (QED) is 0.0222. The first-order valence-electron chi connectivity index (χ1n) is 37.7. The monoisotopic (exact) mass is 1350 g/mol. The minimum atomic E-state index is -4.96. The summed E-state index contributed by atoms with van der Waals surface area (Å²) in [6.07, 6.45) is 45.9. The molecule has 92 heavy (non-hydrogen) atoms. The summed E-state index contributed by atoms with van der Waals surface area (Å²) in [4.78, 5) is 72.7. The molecule has 0 bridgehead atoms. The third kappa shape index (κ3) is 66.7. The minimum Gasteiger partial charge on any atom is -0.462 e. The molecular formula is C73H142O17P2. The van der Waals surface area contributed by atoms with Gasteiger partial charge in [-0.25, -0.2) is 9.13 Å². The average molecular weight is 1350 g/mol. The fraction of sp³-hybridized carbons (Fsp3) is 0.945. The molecule has 0 heterocycles. The lowest BCUT2D eigenvalue weighted by atomic mass is 10.0. The van der Waals surface area contributed by atoms with Crippen LogP contribution in [0.1, 0.15) is 364 Å². The molecular weight excluding hydrogens is 1210 g/mol. The molecule has 0 fully saturated rings. The molecule has 546 valence electrons. The Hall–Kier alpha value is -1.94. The first-order valence-corrected chi connectivity index (χ1v) is 40.7. The van der Waals surface area contributed by atoms with Crippen LogP contribution in [0, 0.1) is 23.7 Å². The predicted octanol–water partition coefficient (Wildman–Crippen LogP) is 20.9. The van der Waals surface area contributed by atoms with Crippen molar-refractivity contribution in [3.63, 3.8) is 0 Å². The van der Waals surface area contributed by atoms with E-state index in [1.807, 2.05) is 0 Å². The fourth-order valence-corrected chi connectivity index (χ4v) is 12.6. The summed E-state index contributed by atoms with van der Waals surface area (Å²) < 4.78 is 68.4. The second-order valence-electron chi connectivity index (χ2n) is 28.2. The number of phosphoric ester groups is 2. The Labute approximate surface area is 562 Å². The average Bonchev–Trinajstić information content (AvgIpc) is 3.41. The molecule has 0 aliphatic heterocycles. The third-order valence-electron chi connectivity index (χ3n) is 16.8. The van der Waals surface area contributed by atoms with Gasteiger partial charge in [-0.1, -0.05) is 312 Å². The van der Waals surface area contributed by atoms with Gasteiger partial charge < -0.3 is 33.8 Å². The molecule has 0 amide bonds. The highest BCUT2D eigenvalue weighted by atomic mass is 31.2. The molecule has 0 spiro atoms. The van der Waals surface area contributed by atoms with Crippen molar-refractivity contribution in [2.45, 2.75) is 382 Å². The zero-order chi connectivity index (χ0) is 68.2. The van der Waals surface area contributed by atoms with E-state index in [4.69, 9.17) is 37.0 Å². The number of unbranched alkanes of at least 4 members (excludes halogenated alkanes) is 36. The number of ether oxygens (including phenoxy) is 4. The van der Waals surface area contributed by atoms with Crippen LogP contribution < -0.4 is 0 Å². The van der Waals surface area contributed by atoms with E-state index in [2.05, 4.69) is 55.4 Å². The summed E-state index contributed by atoms with van der Waals surface area (Å²) in [6.45, 7) is 14.1. The van der Waals surface area contributed by atoms with Crippen molar-refractivity contribution in [1.82, 2.24) is 0 Å². The van der Waals surface area contributed by atoms with Crippen molar-refractivity contribution in [3.8, 4) is 0 Å². The highest BCUT2D eigenvalue weighted by Gasteiger charge is 2.30. The zero-order valence-electron chi connectivity index (χ0n) is 60.2. The number of carbonyl (C=O) groups is 4. The van der Waals surface area contributed by atoms with Gasteiger partial charge in [0.25, 0.3) is 0 Å². The van der Waals surface area contributed by atoms with E-state index in [0.29, 0.717) is 31.6 Å². The smallest absolute Gasteiger partial charge is 0.462 e. The van der Waals surface area contributed by atoms with E-state index >= 15 is 0 Å². The van der Waals surface area contributed by atoms with Crippen molar-refractivity contribution < 1.29 is 80.2 Å². The fourth-order valence-electron chi connectivity index (χ4n) is 11.0. The lowest BCUT2D eigenvalue weighted by Crippen LogP contribution is -2.30. The Morgan fingerprint density at radius 2 is 0.457 bits per heavy atom. The van der Waals surface area contributed by atoms with E-state index in [0.717, 1.165) is 114 Å². The Kier molecular flexibility index (Phi) is 61.3. The lowest BCUT2D eigenvalue weighted by Gasteiger charge is -2.21.